The maximum absolute atomic E-state index is 13.2. The number of hydrogen-bond acceptors (Lipinski definition) is 7. The average Bonchev–Trinajstić information content (AvgIpc) is 2.84. The predicted molar refractivity (Wildman–Crippen MR) is 139 cm³/mol. The number of ether oxygens (including phenoxy) is 4. The number of thioether (sulfide) groups is 1. The molecule has 1 amide bonds. The first-order valence-corrected chi connectivity index (χ1v) is 11.5. The van der Waals surface area contributed by atoms with E-state index in [0.717, 1.165) is 16.9 Å². The molecule has 182 valence electrons. The van der Waals surface area contributed by atoms with E-state index in [1.54, 1.807) is 17.8 Å². The van der Waals surface area contributed by atoms with Crippen LogP contribution in [0.1, 0.15) is 15.9 Å². The van der Waals surface area contributed by atoms with Gasteiger partial charge in [-0.3, -0.25) is 4.79 Å². The average molecular weight is 505 g/mol. The second-order valence-electron chi connectivity index (χ2n) is 6.99. The van der Waals surface area contributed by atoms with Crippen LogP contribution >= 0.6 is 24.2 Å². The largest absolute Gasteiger partial charge is 0.492 e. The highest BCUT2D eigenvalue weighted by atomic mass is 35.5. The van der Waals surface area contributed by atoms with Gasteiger partial charge in [-0.25, -0.2) is 0 Å². The number of anilines is 1. The number of methoxy groups -OCH3 is 3. The van der Waals surface area contributed by atoms with Gasteiger partial charge >= 0.3 is 0 Å². The normalized spacial score (nSPS) is 10.1. The van der Waals surface area contributed by atoms with Crippen LogP contribution < -0.4 is 30.0 Å². The lowest BCUT2D eigenvalue weighted by Gasteiger charge is -2.19. The van der Waals surface area contributed by atoms with Gasteiger partial charge in [-0.15, -0.1) is 24.2 Å². The van der Waals surface area contributed by atoms with E-state index in [1.807, 2.05) is 54.8 Å². The van der Waals surface area contributed by atoms with Crippen molar-refractivity contribution in [3.05, 3.63) is 65.7 Å². The molecule has 0 fully saturated rings. The highest BCUT2D eigenvalue weighted by molar-refractivity contribution is 7.98. The molecule has 0 aromatic heterocycles. The van der Waals surface area contributed by atoms with Crippen molar-refractivity contribution in [2.24, 2.45) is 5.73 Å². The van der Waals surface area contributed by atoms with Crippen LogP contribution in [0.25, 0.3) is 0 Å². The fourth-order valence-corrected chi connectivity index (χ4v) is 3.72. The van der Waals surface area contributed by atoms with Crippen molar-refractivity contribution in [3.8, 4) is 28.7 Å². The van der Waals surface area contributed by atoms with Crippen molar-refractivity contribution in [1.82, 2.24) is 0 Å². The third-order valence-electron chi connectivity index (χ3n) is 4.95. The van der Waals surface area contributed by atoms with Gasteiger partial charge in [0.25, 0.3) is 5.91 Å². The van der Waals surface area contributed by atoms with Crippen LogP contribution in [0.2, 0.25) is 0 Å². The van der Waals surface area contributed by atoms with E-state index in [4.69, 9.17) is 24.7 Å². The van der Waals surface area contributed by atoms with Crippen LogP contribution in [0.4, 0.5) is 5.69 Å². The topological polar surface area (TPSA) is 92.0 Å². The van der Waals surface area contributed by atoms with Crippen LogP contribution in [0.15, 0.2) is 59.5 Å². The van der Waals surface area contributed by atoms with E-state index in [-0.39, 0.29) is 35.4 Å². The minimum Gasteiger partial charge on any atom is -0.492 e. The molecular weight excluding hydrogens is 476 g/mol. The van der Waals surface area contributed by atoms with E-state index in [0.29, 0.717) is 29.5 Å². The number of nitrogens with two attached hydrogens (primary N) is 1. The summed E-state index contributed by atoms with van der Waals surface area (Å²) >= 11 is 1.63. The second-order valence-corrected chi connectivity index (χ2v) is 7.87. The van der Waals surface area contributed by atoms with E-state index in [2.05, 4.69) is 5.32 Å². The van der Waals surface area contributed by atoms with Gasteiger partial charge in [0.15, 0.2) is 11.5 Å². The molecule has 0 bridgehead atoms. The Hall–Kier alpha value is -3.07. The van der Waals surface area contributed by atoms with Crippen LogP contribution in [0, 0.1) is 0 Å². The molecule has 3 N–H and O–H groups in total. The minimum absolute atomic E-state index is 0. The van der Waals surface area contributed by atoms with Crippen molar-refractivity contribution in [2.75, 3.05) is 39.4 Å². The third-order valence-corrected chi connectivity index (χ3v) is 5.69. The molecule has 34 heavy (non-hydrogen) atoms. The molecule has 3 aromatic rings. The Labute approximate surface area is 210 Å². The number of carbonyl (C=O) groups excluding carboxylic acids is 1. The fraction of sp³-hybridized carbons (Fsp3) is 0.240. The third kappa shape index (κ3) is 6.28. The Morgan fingerprint density at radius 2 is 1.53 bits per heavy atom. The number of nitrogens with one attached hydrogen (secondary N) is 1. The molecule has 0 spiro atoms. The van der Waals surface area contributed by atoms with Gasteiger partial charge in [-0.05, 0) is 61.2 Å². The number of benzene rings is 3. The van der Waals surface area contributed by atoms with Crippen molar-refractivity contribution >= 4 is 35.8 Å². The summed E-state index contributed by atoms with van der Waals surface area (Å²) in [6.07, 6.45) is 2.78. The maximum Gasteiger partial charge on any atom is 0.259 e. The summed E-state index contributed by atoms with van der Waals surface area (Å²) in [6, 6.07) is 16.7. The summed E-state index contributed by atoms with van der Waals surface area (Å²) in [7, 11) is 4.45. The molecule has 0 heterocycles. The zero-order chi connectivity index (χ0) is 23.8. The van der Waals surface area contributed by atoms with E-state index < -0.39 is 0 Å². The number of rotatable bonds is 10. The molecule has 0 aliphatic carbocycles. The maximum atomic E-state index is 13.2. The first-order valence-electron chi connectivity index (χ1n) is 10.3. The zero-order valence-electron chi connectivity index (χ0n) is 19.5. The van der Waals surface area contributed by atoms with E-state index >= 15 is 0 Å². The van der Waals surface area contributed by atoms with Crippen LogP contribution in [0.3, 0.4) is 0 Å². The summed E-state index contributed by atoms with van der Waals surface area (Å²) in [4.78, 5) is 14.3. The van der Waals surface area contributed by atoms with Gasteiger partial charge in [-0.2, -0.15) is 0 Å². The lowest BCUT2D eigenvalue weighted by atomic mass is 10.1. The highest BCUT2D eigenvalue weighted by Crippen LogP contribution is 2.48. The van der Waals surface area contributed by atoms with Crippen LogP contribution in [-0.2, 0) is 6.42 Å². The van der Waals surface area contributed by atoms with Crippen molar-refractivity contribution in [2.45, 2.75) is 11.3 Å². The van der Waals surface area contributed by atoms with Crippen LogP contribution in [0.5, 0.6) is 28.7 Å². The molecule has 0 aliphatic heterocycles. The monoisotopic (exact) mass is 504 g/mol. The van der Waals surface area contributed by atoms with E-state index in [9.17, 15) is 4.79 Å². The molecule has 9 heteroatoms. The number of hydrogen-bond donors (Lipinski definition) is 2. The molecule has 3 rings (SSSR count). The molecule has 0 radical (unpaired) electrons. The Morgan fingerprint density at radius 1 is 0.912 bits per heavy atom. The van der Waals surface area contributed by atoms with Crippen molar-refractivity contribution < 1.29 is 23.7 Å². The van der Waals surface area contributed by atoms with Crippen molar-refractivity contribution in [1.29, 1.82) is 0 Å². The van der Waals surface area contributed by atoms with Crippen molar-refractivity contribution in [3.63, 3.8) is 0 Å². The van der Waals surface area contributed by atoms with Gasteiger partial charge in [-0.1, -0.05) is 12.1 Å². The Bertz CT molecular complexity index is 1090. The zero-order valence-corrected chi connectivity index (χ0v) is 21.2. The number of carbonyl (C=O) groups is 1. The number of halogens is 1. The molecule has 0 atom stereocenters. The lowest BCUT2D eigenvalue weighted by molar-refractivity contribution is 0.102. The Balaban J connectivity index is 0.00000408. The highest BCUT2D eigenvalue weighted by Gasteiger charge is 2.26. The summed E-state index contributed by atoms with van der Waals surface area (Å²) in [5.41, 5.74) is 7.64. The van der Waals surface area contributed by atoms with Gasteiger partial charge in [0.2, 0.25) is 11.5 Å². The number of amides is 1. The molecule has 3 aromatic carbocycles. The first-order chi connectivity index (χ1) is 16.0. The second kappa shape index (κ2) is 13.0. The van der Waals surface area contributed by atoms with Gasteiger partial charge in [0.1, 0.15) is 5.75 Å². The molecule has 7 nitrogen and oxygen atoms in total. The first kappa shape index (κ1) is 27.2. The molecule has 0 saturated heterocycles. The van der Waals surface area contributed by atoms with Gasteiger partial charge < -0.3 is 30.0 Å². The summed E-state index contributed by atoms with van der Waals surface area (Å²) in [6.45, 7) is 0.572. The molecule has 0 saturated carbocycles. The quantitative estimate of drug-likeness (QED) is 0.357. The SMILES string of the molecule is COc1c(Oc2ccc(CCN)cc2)cc(C(=O)Nc2ccc(SC)cc2)c(OC)c1OC.Cl. The van der Waals surface area contributed by atoms with Gasteiger partial charge in [0, 0.05) is 16.6 Å². The fourth-order valence-electron chi connectivity index (χ4n) is 3.32. The predicted octanol–water partition coefficient (Wildman–Crippen LogP) is 5.40. The smallest absolute Gasteiger partial charge is 0.259 e. The molecular formula is C25H29ClN2O5S. The lowest BCUT2D eigenvalue weighted by Crippen LogP contribution is -2.14. The summed E-state index contributed by atoms with van der Waals surface area (Å²) < 4.78 is 22.7. The van der Waals surface area contributed by atoms with E-state index in [1.165, 1.54) is 21.3 Å². The molecule has 0 unspecified atom stereocenters. The Morgan fingerprint density at radius 3 is 2.06 bits per heavy atom. The minimum atomic E-state index is -0.368. The molecule has 0 aliphatic rings. The summed E-state index contributed by atoms with van der Waals surface area (Å²) in [5, 5.41) is 2.89. The Kier molecular flexibility index (Phi) is 10.4. The summed E-state index contributed by atoms with van der Waals surface area (Å²) in [5.74, 6) is 1.37. The van der Waals surface area contributed by atoms with Crippen LogP contribution in [-0.4, -0.2) is 40.0 Å². The standard InChI is InChI=1S/C25H28N2O5S.ClH/c1-29-22-20(25(28)27-17-7-11-19(33-4)12-8-17)15-21(23(30-2)24(22)31-3)32-18-9-5-16(6-10-18)13-14-26;/h5-12,15H,13-14,26H2,1-4H3,(H,27,28);1H. The van der Waals surface area contributed by atoms with Gasteiger partial charge in [0.05, 0.1) is 26.9 Å².